The number of pyridine rings is 1. The first-order chi connectivity index (χ1) is 9.44. The fourth-order valence-corrected chi connectivity index (χ4v) is 2.32. The van der Waals surface area contributed by atoms with Gasteiger partial charge in [-0.25, -0.2) is 18.1 Å². The topological polar surface area (TPSA) is 97.1 Å². The highest BCUT2D eigenvalue weighted by atomic mass is 32.2. The van der Waals surface area contributed by atoms with Crippen LogP contribution in [0.1, 0.15) is 6.42 Å². The molecule has 0 radical (unpaired) electrons. The summed E-state index contributed by atoms with van der Waals surface area (Å²) < 4.78 is 24.2. The number of hydrogen-bond acceptors (Lipinski definition) is 5. The number of nitrogens with zero attached hydrogens (tertiary/aromatic N) is 1. The van der Waals surface area contributed by atoms with Crippen LogP contribution < -0.4 is 15.8 Å². The number of aromatic nitrogens is 1. The number of nitrogens with two attached hydrogens (primary N) is 1. The molecule has 1 aromatic heterocycles. The SMILES string of the molecule is CS(=O)(=O)NCCCNc1ccc2cc(N)ccc2n1. The second kappa shape index (κ2) is 6.06. The summed E-state index contributed by atoms with van der Waals surface area (Å²) in [5, 5.41) is 4.16. The van der Waals surface area contributed by atoms with Crippen molar-refractivity contribution in [3.05, 3.63) is 30.3 Å². The van der Waals surface area contributed by atoms with Crippen molar-refractivity contribution in [1.82, 2.24) is 9.71 Å². The predicted octanol–water partition coefficient (Wildman–Crippen LogP) is 1.17. The van der Waals surface area contributed by atoms with Crippen LogP contribution in [-0.4, -0.2) is 32.7 Å². The highest BCUT2D eigenvalue weighted by molar-refractivity contribution is 7.88. The summed E-state index contributed by atoms with van der Waals surface area (Å²) in [5.41, 5.74) is 7.30. The monoisotopic (exact) mass is 294 g/mol. The molecule has 20 heavy (non-hydrogen) atoms. The predicted molar refractivity (Wildman–Crippen MR) is 82.1 cm³/mol. The highest BCUT2D eigenvalue weighted by Crippen LogP contribution is 2.17. The number of benzene rings is 1. The first-order valence-electron chi connectivity index (χ1n) is 6.29. The number of rotatable bonds is 6. The Morgan fingerprint density at radius 2 is 2.00 bits per heavy atom. The first-order valence-corrected chi connectivity index (χ1v) is 8.18. The lowest BCUT2D eigenvalue weighted by Crippen LogP contribution is -2.24. The molecule has 1 aromatic carbocycles. The van der Waals surface area contributed by atoms with Gasteiger partial charge in [-0.05, 0) is 36.8 Å². The van der Waals surface area contributed by atoms with E-state index in [0.29, 0.717) is 25.2 Å². The van der Waals surface area contributed by atoms with E-state index in [0.717, 1.165) is 23.0 Å². The van der Waals surface area contributed by atoms with Gasteiger partial charge in [0, 0.05) is 24.2 Å². The lowest BCUT2D eigenvalue weighted by Gasteiger charge is -2.07. The van der Waals surface area contributed by atoms with Crippen LogP contribution >= 0.6 is 0 Å². The maximum absolute atomic E-state index is 10.9. The van der Waals surface area contributed by atoms with Gasteiger partial charge in [0.1, 0.15) is 5.82 Å². The Labute approximate surface area is 118 Å². The van der Waals surface area contributed by atoms with Gasteiger partial charge in [0.25, 0.3) is 0 Å². The van der Waals surface area contributed by atoms with Crippen LogP contribution in [-0.2, 0) is 10.0 Å². The van der Waals surface area contributed by atoms with Crippen LogP contribution in [0.3, 0.4) is 0 Å². The summed E-state index contributed by atoms with van der Waals surface area (Å²) in [7, 11) is -3.11. The van der Waals surface area contributed by atoms with Crippen molar-refractivity contribution in [3.63, 3.8) is 0 Å². The quantitative estimate of drug-likeness (QED) is 0.549. The second-order valence-corrected chi connectivity index (χ2v) is 6.43. The molecule has 2 rings (SSSR count). The molecule has 0 fully saturated rings. The Morgan fingerprint density at radius 1 is 1.20 bits per heavy atom. The molecule has 0 amide bonds. The molecule has 108 valence electrons. The molecule has 4 N–H and O–H groups in total. The zero-order valence-corrected chi connectivity index (χ0v) is 12.1. The van der Waals surface area contributed by atoms with E-state index in [-0.39, 0.29) is 0 Å². The van der Waals surface area contributed by atoms with Gasteiger partial charge >= 0.3 is 0 Å². The van der Waals surface area contributed by atoms with Crippen molar-refractivity contribution in [2.75, 3.05) is 30.4 Å². The van der Waals surface area contributed by atoms with E-state index in [2.05, 4.69) is 15.0 Å². The van der Waals surface area contributed by atoms with Gasteiger partial charge in [-0.1, -0.05) is 0 Å². The lowest BCUT2D eigenvalue weighted by atomic mass is 10.2. The molecular weight excluding hydrogens is 276 g/mol. The lowest BCUT2D eigenvalue weighted by molar-refractivity contribution is 0.586. The fraction of sp³-hybridized carbons (Fsp3) is 0.308. The number of nitrogen functional groups attached to an aromatic ring is 1. The molecule has 0 unspecified atom stereocenters. The van der Waals surface area contributed by atoms with Gasteiger partial charge in [0.05, 0.1) is 11.8 Å². The summed E-state index contributed by atoms with van der Waals surface area (Å²) in [6.07, 6.45) is 1.84. The summed E-state index contributed by atoms with van der Waals surface area (Å²) in [6, 6.07) is 9.40. The molecule has 0 spiro atoms. The Morgan fingerprint density at radius 3 is 2.75 bits per heavy atom. The van der Waals surface area contributed by atoms with Crippen LogP contribution in [0.2, 0.25) is 0 Å². The Balaban J connectivity index is 1.89. The van der Waals surface area contributed by atoms with Crippen molar-refractivity contribution in [2.24, 2.45) is 0 Å². The Bertz CT molecular complexity index is 701. The third kappa shape index (κ3) is 4.36. The smallest absolute Gasteiger partial charge is 0.208 e. The summed E-state index contributed by atoms with van der Waals surface area (Å²) in [6.45, 7) is 1.06. The number of fused-ring (bicyclic) bond motifs is 1. The first kappa shape index (κ1) is 14.5. The van der Waals surface area contributed by atoms with Gasteiger partial charge in [-0.15, -0.1) is 0 Å². The van der Waals surface area contributed by atoms with E-state index in [1.807, 2.05) is 30.3 Å². The summed E-state index contributed by atoms with van der Waals surface area (Å²) in [4.78, 5) is 4.46. The molecular formula is C13H18N4O2S. The molecule has 6 nitrogen and oxygen atoms in total. The molecule has 7 heteroatoms. The average molecular weight is 294 g/mol. The largest absolute Gasteiger partial charge is 0.399 e. The van der Waals surface area contributed by atoms with Crippen LogP contribution in [0.15, 0.2) is 30.3 Å². The summed E-state index contributed by atoms with van der Waals surface area (Å²) >= 11 is 0. The molecule has 0 aliphatic carbocycles. The molecule has 0 bridgehead atoms. The van der Waals surface area contributed by atoms with Crippen LogP contribution in [0.5, 0.6) is 0 Å². The number of hydrogen-bond donors (Lipinski definition) is 3. The van der Waals surface area contributed by atoms with Crippen molar-refractivity contribution < 1.29 is 8.42 Å². The Kier molecular flexibility index (Phi) is 4.41. The molecule has 1 heterocycles. The maximum atomic E-state index is 10.9. The van der Waals surface area contributed by atoms with Gasteiger partial charge < -0.3 is 11.1 Å². The standard InChI is InChI=1S/C13H18N4O2S/c1-20(18,19)16-8-2-7-15-13-6-3-10-9-11(14)4-5-12(10)17-13/h3-6,9,16H,2,7-8,14H2,1H3,(H,15,17). The van der Waals surface area contributed by atoms with E-state index >= 15 is 0 Å². The van der Waals surface area contributed by atoms with Crippen LogP contribution in [0, 0.1) is 0 Å². The zero-order valence-electron chi connectivity index (χ0n) is 11.3. The maximum Gasteiger partial charge on any atom is 0.208 e. The van der Waals surface area contributed by atoms with E-state index in [4.69, 9.17) is 5.73 Å². The van der Waals surface area contributed by atoms with E-state index < -0.39 is 10.0 Å². The van der Waals surface area contributed by atoms with Gasteiger partial charge in [0.2, 0.25) is 10.0 Å². The minimum Gasteiger partial charge on any atom is -0.399 e. The minimum atomic E-state index is -3.11. The van der Waals surface area contributed by atoms with E-state index in [1.165, 1.54) is 0 Å². The third-order valence-corrected chi connectivity index (χ3v) is 3.47. The molecule has 0 atom stereocenters. The summed E-state index contributed by atoms with van der Waals surface area (Å²) in [5.74, 6) is 0.765. The number of nitrogens with one attached hydrogen (secondary N) is 2. The molecule has 2 aromatic rings. The molecule has 0 aliphatic heterocycles. The van der Waals surface area contributed by atoms with Crippen LogP contribution in [0.4, 0.5) is 11.5 Å². The number of sulfonamides is 1. The molecule has 0 saturated carbocycles. The van der Waals surface area contributed by atoms with Gasteiger partial charge in [-0.2, -0.15) is 0 Å². The van der Waals surface area contributed by atoms with E-state index in [1.54, 1.807) is 0 Å². The zero-order chi connectivity index (χ0) is 14.6. The Hall–Kier alpha value is -1.86. The highest BCUT2D eigenvalue weighted by Gasteiger charge is 2.00. The van der Waals surface area contributed by atoms with Crippen molar-refractivity contribution in [3.8, 4) is 0 Å². The molecule has 0 aliphatic rings. The van der Waals surface area contributed by atoms with Crippen molar-refractivity contribution >= 4 is 32.4 Å². The van der Waals surface area contributed by atoms with Crippen LogP contribution in [0.25, 0.3) is 10.9 Å². The van der Waals surface area contributed by atoms with Crippen molar-refractivity contribution in [2.45, 2.75) is 6.42 Å². The van der Waals surface area contributed by atoms with Crippen molar-refractivity contribution in [1.29, 1.82) is 0 Å². The minimum absolute atomic E-state index is 0.413. The number of anilines is 2. The van der Waals surface area contributed by atoms with Gasteiger partial charge in [-0.3, -0.25) is 0 Å². The third-order valence-electron chi connectivity index (χ3n) is 2.74. The fourth-order valence-electron chi connectivity index (χ4n) is 1.80. The van der Waals surface area contributed by atoms with Gasteiger partial charge in [0.15, 0.2) is 0 Å². The average Bonchev–Trinajstić information content (AvgIpc) is 2.37. The van der Waals surface area contributed by atoms with E-state index in [9.17, 15) is 8.42 Å². The molecule has 0 saturated heterocycles. The second-order valence-electron chi connectivity index (χ2n) is 4.60. The normalized spacial score (nSPS) is 11.7.